The molecule has 0 bridgehead atoms. The molecule has 0 aliphatic rings. The third-order valence-corrected chi connectivity index (χ3v) is 2.28. The van der Waals surface area contributed by atoms with Gasteiger partial charge in [-0.15, -0.1) is 0 Å². The van der Waals surface area contributed by atoms with Crippen LogP contribution in [0.3, 0.4) is 0 Å². The third kappa shape index (κ3) is 2.32. The predicted molar refractivity (Wildman–Crippen MR) is 56.3 cm³/mol. The molecule has 16 heavy (non-hydrogen) atoms. The van der Waals surface area contributed by atoms with Gasteiger partial charge in [-0.2, -0.15) is 0 Å². The number of hydrogen-bond acceptors (Lipinski definition) is 4. The lowest BCUT2D eigenvalue weighted by Gasteiger charge is -2.11. The number of methoxy groups -OCH3 is 2. The Bertz CT molecular complexity index is 444. The summed E-state index contributed by atoms with van der Waals surface area (Å²) >= 11 is 5.74. The summed E-state index contributed by atoms with van der Waals surface area (Å²) < 4.78 is 23.5. The average molecular weight is 246 g/mol. The first-order valence-corrected chi connectivity index (χ1v) is 4.66. The van der Waals surface area contributed by atoms with Gasteiger partial charge in [-0.25, -0.2) is 14.2 Å². The van der Waals surface area contributed by atoms with E-state index >= 15 is 0 Å². The molecular weight excluding hydrogens is 237 g/mol. The fraction of sp³-hybridized carbons (Fsp3) is 0.300. The van der Waals surface area contributed by atoms with Crippen LogP contribution in [-0.2, 0) is 11.3 Å². The van der Waals surface area contributed by atoms with Crippen LogP contribution in [0.2, 0.25) is 5.02 Å². The maximum Gasteiger partial charge on any atom is 0.235 e. The molecule has 0 amide bonds. The van der Waals surface area contributed by atoms with Gasteiger partial charge in [-0.1, -0.05) is 11.6 Å². The number of nitrogens with zero attached hydrogens (tertiary/aromatic N) is 1. The molecule has 86 valence electrons. The molecule has 0 saturated heterocycles. The summed E-state index contributed by atoms with van der Waals surface area (Å²) in [6.45, 7) is -0.143. The van der Waals surface area contributed by atoms with E-state index in [0.29, 0.717) is 0 Å². The predicted octanol–water partition coefficient (Wildman–Crippen LogP) is 2.33. The highest BCUT2D eigenvalue weighted by Crippen LogP contribution is 2.38. The molecule has 0 aliphatic heterocycles. The van der Waals surface area contributed by atoms with Crippen molar-refractivity contribution in [2.24, 2.45) is 4.99 Å². The van der Waals surface area contributed by atoms with E-state index in [-0.39, 0.29) is 28.6 Å². The number of rotatable bonds is 4. The largest absolute Gasteiger partial charge is 0.493 e. The van der Waals surface area contributed by atoms with E-state index < -0.39 is 5.82 Å². The van der Waals surface area contributed by atoms with Gasteiger partial charge in [-0.05, 0) is 6.07 Å². The molecular formula is C10H9ClFNO3. The summed E-state index contributed by atoms with van der Waals surface area (Å²) in [5.41, 5.74) is 0.144. The van der Waals surface area contributed by atoms with Crippen molar-refractivity contribution in [3.63, 3.8) is 0 Å². The van der Waals surface area contributed by atoms with E-state index in [9.17, 15) is 9.18 Å². The fourth-order valence-corrected chi connectivity index (χ4v) is 1.50. The van der Waals surface area contributed by atoms with Crippen LogP contribution in [0.25, 0.3) is 0 Å². The normalized spacial score (nSPS) is 9.50. The first-order valence-electron chi connectivity index (χ1n) is 4.28. The van der Waals surface area contributed by atoms with E-state index in [0.717, 1.165) is 0 Å². The van der Waals surface area contributed by atoms with Crippen molar-refractivity contribution in [2.75, 3.05) is 14.2 Å². The SMILES string of the molecule is COc1cc(CN=C=O)c(F)c(Cl)c1OC. The van der Waals surface area contributed by atoms with E-state index in [1.807, 2.05) is 0 Å². The second-order valence-corrected chi connectivity index (χ2v) is 3.18. The molecule has 6 heteroatoms. The van der Waals surface area contributed by atoms with Crippen molar-refractivity contribution in [1.29, 1.82) is 0 Å². The molecule has 0 unspecified atom stereocenters. The van der Waals surface area contributed by atoms with Crippen molar-refractivity contribution in [1.82, 2.24) is 0 Å². The molecule has 0 N–H and O–H groups in total. The average Bonchev–Trinajstić information content (AvgIpc) is 2.30. The quantitative estimate of drug-likeness (QED) is 0.604. The smallest absolute Gasteiger partial charge is 0.235 e. The third-order valence-electron chi connectivity index (χ3n) is 1.94. The minimum atomic E-state index is -0.682. The van der Waals surface area contributed by atoms with Gasteiger partial charge in [0.25, 0.3) is 0 Å². The van der Waals surface area contributed by atoms with Gasteiger partial charge in [0.05, 0.1) is 20.8 Å². The summed E-state index contributed by atoms with van der Waals surface area (Å²) in [6, 6.07) is 1.38. The fourth-order valence-electron chi connectivity index (χ4n) is 1.21. The molecule has 0 spiro atoms. The first-order chi connectivity index (χ1) is 7.65. The summed E-state index contributed by atoms with van der Waals surface area (Å²) in [5, 5.41) is -0.196. The molecule has 1 rings (SSSR count). The summed E-state index contributed by atoms with van der Waals surface area (Å²) in [5.74, 6) is -0.288. The van der Waals surface area contributed by atoms with Crippen LogP contribution < -0.4 is 9.47 Å². The van der Waals surface area contributed by atoms with Gasteiger partial charge in [0.1, 0.15) is 5.02 Å². The Morgan fingerprint density at radius 3 is 2.69 bits per heavy atom. The molecule has 1 aromatic rings. The lowest BCUT2D eigenvalue weighted by molar-refractivity contribution is 0.352. The number of aliphatic imine (C=N–C) groups is 1. The van der Waals surface area contributed by atoms with Crippen molar-refractivity contribution in [3.8, 4) is 11.5 Å². The molecule has 0 radical (unpaired) electrons. The van der Waals surface area contributed by atoms with Crippen LogP contribution in [0.15, 0.2) is 11.1 Å². The van der Waals surface area contributed by atoms with Crippen LogP contribution in [0.5, 0.6) is 11.5 Å². The number of hydrogen-bond donors (Lipinski definition) is 0. The lowest BCUT2D eigenvalue weighted by atomic mass is 10.2. The highest BCUT2D eigenvalue weighted by atomic mass is 35.5. The van der Waals surface area contributed by atoms with E-state index in [1.165, 1.54) is 26.4 Å². The van der Waals surface area contributed by atoms with Gasteiger partial charge < -0.3 is 9.47 Å². The Hall–Kier alpha value is -1.58. The molecule has 0 aliphatic carbocycles. The zero-order valence-corrected chi connectivity index (χ0v) is 9.47. The van der Waals surface area contributed by atoms with E-state index in [1.54, 1.807) is 0 Å². The summed E-state index contributed by atoms with van der Waals surface area (Å²) in [6.07, 6.45) is 1.32. The molecule has 0 atom stereocenters. The zero-order chi connectivity index (χ0) is 12.1. The minimum absolute atomic E-state index is 0.112. The molecule has 1 aromatic carbocycles. The van der Waals surface area contributed by atoms with Crippen LogP contribution in [-0.4, -0.2) is 20.3 Å². The highest BCUT2D eigenvalue weighted by Gasteiger charge is 2.17. The Balaban J connectivity index is 3.31. The minimum Gasteiger partial charge on any atom is -0.493 e. The van der Waals surface area contributed by atoms with Gasteiger partial charge in [0, 0.05) is 5.56 Å². The Kier molecular flexibility index (Phi) is 4.28. The van der Waals surface area contributed by atoms with E-state index in [2.05, 4.69) is 4.99 Å². The Morgan fingerprint density at radius 2 is 2.19 bits per heavy atom. The van der Waals surface area contributed by atoms with Crippen molar-refractivity contribution in [2.45, 2.75) is 6.54 Å². The summed E-state index contributed by atoms with van der Waals surface area (Å²) in [7, 11) is 2.76. The number of ether oxygens (including phenoxy) is 2. The monoisotopic (exact) mass is 245 g/mol. The first kappa shape index (κ1) is 12.5. The number of carbonyl (C=O) groups excluding carboxylic acids is 1. The van der Waals surface area contributed by atoms with Crippen LogP contribution in [0.1, 0.15) is 5.56 Å². The number of halogens is 2. The number of isocyanates is 1. The standard InChI is InChI=1S/C10H9ClFNO3/c1-15-7-3-6(4-13-5-14)9(12)8(11)10(7)16-2/h3H,4H2,1-2H3. The molecule has 0 saturated carbocycles. The molecule has 4 nitrogen and oxygen atoms in total. The second-order valence-electron chi connectivity index (χ2n) is 2.81. The Morgan fingerprint density at radius 1 is 1.50 bits per heavy atom. The van der Waals surface area contributed by atoms with Crippen molar-refractivity contribution >= 4 is 17.7 Å². The second kappa shape index (κ2) is 5.49. The molecule has 0 heterocycles. The lowest BCUT2D eigenvalue weighted by Crippen LogP contribution is -1.97. The van der Waals surface area contributed by atoms with Gasteiger partial charge in [0.2, 0.25) is 6.08 Å². The van der Waals surface area contributed by atoms with Crippen molar-refractivity contribution < 1.29 is 18.7 Å². The molecule has 0 fully saturated rings. The Labute approximate surface area is 96.6 Å². The van der Waals surface area contributed by atoms with Crippen LogP contribution >= 0.6 is 11.6 Å². The van der Waals surface area contributed by atoms with Gasteiger partial charge >= 0.3 is 0 Å². The summed E-state index contributed by atoms with van der Waals surface area (Å²) in [4.78, 5) is 13.2. The maximum absolute atomic E-state index is 13.6. The topological polar surface area (TPSA) is 47.9 Å². The molecule has 0 aromatic heterocycles. The van der Waals surface area contributed by atoms with Gasteiger partial charge in [-0.3, -0.25) is 0 Å². The highest BCUT2D eigenvalue weighted by molar-refractivity contribution is 6.32. The van der Waals surface area contributed by atoms with Crippen LogP contribution in [0.4, 0.5) is 4.39 Å². The zero-order valence-electron chi connectivity index (χ0n) is 8.71. The van der Waals surface area contributed by atoms with Crippen LogP contribution in [0, 0.1) is 5.82 Å². The van der Waals surface area contributed by atoms with E-state index in [4.69, 9.17) is 21.1 Å². The van der Waals surface area contributed by atoms with Crippen molar-refractivity contribution in [3.05, 3.63) is 22.5 Å². The maximum atomic E-state index is 13.6. The van der Waals surface area contributed by atoms with Gasteiger partial charge in [0.15, 0.2) is 17.3 Å². The number of benzene rings is 1.